The molecule has 0 aliphatic carbocycles. The zero-order chi connectivity index (χ0) is 18.3. The van der Waals surface area contributed by atoms with Gasteiger partial charge in [0.25, 0.3) is 5.56 Å². The van der Waals surface area contributed by atoms with Crippen LogP contribution in [0, 0.1) is 6.92 Å². The third-order valence-corrected chi connectivity index (χ3v) is 4.43. The predicted octanol–water partition coefficient (Wildman–Crippen LogP) is 1.01. The zero-order valence-electron chi connectivity index (χ0n) is 14.7. The number of benzene rings is 1. The molecule has 0 saturated carbocycles. The second kappa shape index (κ2) is 6.08. The molecule has 0 radical (unpaired) electrons. The summed E-state index contributed by atoms with van der Waals surface area (Å²) >= 11 is 0. The van der Waals surface area contributed by atoms with Crippen molar-refractivity contribution in [3.8, 4) is 0 Å². The lowest BCUT2D eigenvalue weighted by molar-refractivity contribution is -0.118. The number of rotatable bonds is 3. The summed E-state index contributed by atoms with van der Waals surface area (Å²) in [5, 5.41) is 0.413. The van der Waals surface area contributed by atoms with Gasteiger partial charge >= 0.3 is 5.69 Å². The monoisotopic (exact) mass is 340 g/mol. The summed E-state index contributed by atoms with van der Waals surface area (Å²) in [6.45, 7) is 2.00. The van der Waals surface area contributed by atoms with E-state index in [4.69, 9.17) is 0 Å². The summed E-state index contributed by atoms with van der Waals surface area (Å²) in [6, 6.07) is 9.29. The Morgan fingerprint density at radius 3 is 2.52 bits per heavy atom. The Balaban J connectivity index is 2.00. The summed E-state index contributed by atoms with van der Waals surface area (Å²) in [6.07, 6.45) is 1.66. The smallest absolute Gasteiger partial charge is 0.324 e. The minimum absolute atomic E-state index is 0.0361. The fourth-order valence-corrected chi connectivity index (χ4v) is 2.95. The van der Waals surface area contributed by atoms with Crippen LogP contribution in [0.4, 0.5) is 5.69 Å². The predicted molar refractivity (Wildman–Crippen MR) is 97.0 cm³/mol. The van der Waals surface area contributed by atoms with E-state index >= 15 is 0 Å². The van der Waals surface area contributed by atoms with E-state index < -0.39 is 5.69 Å². The van der Waals surface area contributed by atoms with Crippen molar-refractivity contribution in [2.45, 2.75) is 13.5 Å². The molecule has 1 amide bonds. The highest BCUT2D eigenvalue weighted by Crippen LogP contribution is 2.16. The first-order valence-electron chi connectivity index (χ1n) is 7.89. The van der Waals surface area contributed by atoms with Gasteiger partial charge in [0.2, 0.25) is 5.91 Å². The van der Waals surface area contributed by atoms with Gasteiger partial charge in [-0.2, -0.15) is 0 Å². The highest BCUT2D eigenvalue weighted by atomic mass is 16.2. The van der Waals surface area contributed by atoms with Crippen LogP contribution in [0.3, 0.4) is 0 Å². The Bertz CT molecular complexity index is 1090. The van der Waals surface area contributed by atoms with Crippen LogP contribution in [0.25, 0.3) is 11.0 Å². The van der Waals surface area contributed by atoms with Gasteiger partial charge in [0.1, 0.15) is 12.2 Å². The standard InChI is InChI=1S/C18H20N4O3/c1-12-6-5-7-13(10-12)19(2)15(23)11-22-9-8-14-16(22)20(3)18(25)21(4)17(14)24/h5-10H,11H2,1-4H3. The number of anilines is 1. The van der Waals surface area contributed by atoms with E-state index in [0.29, 0.717) is 11.0 Å². The number of carbonyl (C=O) groups is 1. The molecule has 0 aliphatic heterocycles. The van der Waals surface area contributed by atoms with Gasteiger partial charge in [-0.1, -0.05) is 12.1 Å². The molecule has 0 spiro atoms. The van der Waals surface area contributed by atoms with Gasteiger partial charge in [-0.05, 0) is 30.7 Å². The van der Waals surface area contributed by atoms with Crippen LogP contribution in [0.2, 0.25) is 0 Å². The van der Waals surface area contributed by atoms with Crippen molar-refractivity contribution >= 4 is 22.6 Å². The van der Waals surface area contributed by atoms with Crippen LogP contribution in [-0.4, -0.2) is 26.7 Å². The number of likely N-dealkylation sites (N-methyl/N-ethyl adjacent to an activating group) is 1. The zero-order valence-corrected chi connectivity index (χ0v) is 14.7. The number of aryl methyl sites for hydroxylation is 2. The number of amides is 1. The van der Waals surface area contributed by atoms with Crippen LogP contribution in [0.1, 0.15) is 5.56 Å². The van der Waals surface area contributed by atoms with Gasteiger partial charge in [0, 0.05) is 33.0 Å². The number of carbonyl (C=O) groups excluding carboxylic acids is 1. The topological polar surface area (TPSA) is 69.2 Å². The number of nitrogens with zero attached hydrogens (tertiary/aromatic N) is 4. The summed E-state index contributed by atoms with van der Waals surface area (Å²) in [4.78, 5) is 38.6. The van der Waals surface area contributed by atoms with Crippen LogP contribution >= 0.6 is 0 Å². The third kappa shape index (κ3) is 2.77. The van der Waals surface area contributed by atoms with E-state index in [0.717, 1.165) is 15.8 Å². The molecule has 2 aromatic heterocycles. The molecule has 7 heteroatoms. The lowest BCUT2D eigenvalue weighted by Gasteiger charge is -2.19. The first-order valence-corrected chi connectivity index (χ1v) is 7.89. The molecule has 0 saturated heterocycles. The molecule has 25 heavy (non-hydrogen) atoms. The van der Waals surface area contributed by atoms with Gasteiger partial charge < -0.3 is 9.47 Å². The first kappa shape index (κ1) is 16.8. The summed E-state index contributed by atoms with van der Waals surface area (Å²) < 4.78 is 4.08. The van der Waals surface area contributed by atoms with E-state index in [1.807, 2.05) is 31.2 Å². The second-order valence-electron chi connectivity index (χ2n) is 6.18. The maximum atomic E-state index is 12.6. The van der Waals surface area contributed by atoms with Gasteiger partial charge in [-0.25, -0.2) is 4.79 Å². The van der Waals surface area contributed by atoms with E-state index in [1.165, 1.54) is 11.6 Å². The average Bonchev–Trinajstić information content (AvgIpc) is 3.01. The van der Waals surface area contributed by atoms with E-state index in [9.17, 15) is 14.4 Å². The molecule has 2 heterocycles. The molecular formula is C18H20N4O3. The largest absolute Gasteiger partial charge is 0.332 e. The normalized spacial score (nSPS) is 11.0. The molecule has 3 rings (SSSR count). The van der Waals surface area contributed by atoms with Crippen molar-refractivity contribution < 1.29 is 4.79 Å². The second-order valence-corrected chi connectivity index (χ2v) is 6.18. The molecule has 0 fully saturated rings. The maximum absolute atomic E-state index is 12.6. The summed E-state index contributed by atoms with van der Waals surface area (Å²) in [5.74, 6) is -0.142. The average molecular weight is 340 g/mol. The number of hydrogen-bond donors (Lipinski definition) is 0. The van der Waals surface area contributed by atoms with E-state index in [1.54, 1.807) is 35.8 Å². The SMILES string of the molecule is Cc1cccc(N(C)C(=O)Cn2ccc3c(=O)n(C)c(=O)n(C)c32)c1. The third-order valence-electron chi connectivity index (χ3n) is 4.43. The van der Waals surface area contributed by atoms with Crippen LogP contribution < -0.4 is 16.1 Å². The molecule has 1 aromatic carbocycles. The van der Waals surface area contributed by atoms with Gasteiger partial charge in [0.05, 0.1) is 5.39 Å². The molecular weight excluding hydrogens is 320 g/mol. The van der Waals surface area contributed by atoms with Crippen molar-refractivity contribution in [2.75, 3.05) is 11.9 Å². The van der Waals surface area contributed by atoms with Crippen LogP contribution in [0.5, 0.6) is 0 Å². The molecule has 3 aromatic rings. The Labute approximate surface area is 144 Å². The summed E-state index contributed by atoms with van der Waals surface area (Å²) in [5.41, 5.74) is 1.52. The number of hydrogen-bond acceptors (Lipinski definition) is 3. The Morgan fingerprint density at radius 2 is 1.84 bits per heavy atom. The van der Waals surface area contributed by atoms with Crippen molar-refractivity contribution in [3.05, 3.63) is 62.9 Å². The van der Waals surface area contributed by atoms with Crippen molar-refractivity contribution in [1.29, 1.82) is 0 Å². The lowest BCUT2D eigenvalue weighted by Crippen LogP contribution is -2.37. The fraction of sp³-hybridized carbons (Fsp3) is 0.278. The minimum atomic E-state index is -0.420. The fourth-order valence-electron chi connectivity index (χ4n) is 2.95. The minimum Gasteiger partial charge on any atom is -0.324 e. The Kier molecular flexibility index (Phi) is 4.08. The maximum Gasteiger partial charge on any atom is 0.332 e. The van der Waals surface area contributed by atoms with Gasteiger partial charge in [-0.3, -0.25) is 18.7 Å². The Hall–Kier alpha value is -3.09. The van der Waals surface area contributed by atoms with E-state index in [-0.39, 0.29) is 18.0 Å². The summed E-state index contributed by atoms with van der Waals surface area (Å²) in [7, 11) is 4.74. The van der Waals surface area contributed by atoms with Crippen LogP contribution in [0.15, 0.2) is 46.1 Å². The van der Waals surface area contributed by atoms with Crippen molar-refractivity contribution in [3.63, 3.8) is 0 Å². The molecule has 130 valence electrons. The number of aromatic nitrogens is 3. The van der Waals surface area contributed by atoms with Gasteiger partial charge in [-0.15, -0.1) is 0 Å². The molecule has 0 atom stereocenters. The highest BCUT2D eigenvalue weighted by molar-refractivity contribution is 5.93. The first-order chi connectivity index (χ1) is 11.8. The lowest BCUT2D eigenvalue weighted by atomic mass is 10.2. The quantitative estimate of drug-likeness (QED) is 0.714. The molecule has 0 unspecified atom stereocenters. The van der Waals surface area contributed by atoms with Crippen molar-refractivity contribution in [1.82, 2.24) is 13.7 Å². The highest BCUT2D eigenvalue weighted by Gasteiger charge is 2.17. The molecule has 0 N–H and O–H groups in total. The molecule has 7 nitrogen and oxygen atoms in total. The van der Waals surface area contributed by atoms with E-state index in [2.05, 4.69) is 0 Å². The molecule has 0 bridgehead atoms. The van der Waals surface area contributed by atoms with Crippen LogP contribution in [-0.2, 0) is 25.4 Å². The number of fused-ring (bicyclic) bond motifs is 1. The Morgan fingerprint density at radius 1 is 1.12 bits per heavy atom. The molecule has 0 aliphatic rings. The van der Waals surface area contributed by atoms with Gasteiger partial charge in [0.15, 0.2) is 0 Å². The van der Waals surface area contributed by atoms with Crippen molar-refractivity contribution in [2.24, 2.45) is 14.1 Å².